The Morgan fingerprint density at radius 2 is 2.15 bits per heavy atom. The van der Waals surface area contributed by atoms with E-state index in [2.05, 4.69) is 10.3 Å². The van der Waals surface area contributed by atoms with Gasteiger partial charge in [0.15, 0.2) is 0 Å². The highest BCUT2D eigenvalue weighted by Gasteiger charge is 2.35. The third-order valence-electron chi connectivity index (χ3n) is 2.94. The smallest absolute Gasteiger partial charge is 0.306 e. The molecule has 0 radical (unpaired) electrons. The number of alkyl halides is 3. The van der Waals surface area contributed by atoms with E-state index < -0.39 is 17.8 Å². The van der Waals surface area contributed by atoms with Gasteiger partial charge in [-0.3, -0.25) is 4.98 Å². The molecule has 0 saturated carbocycles. The lowest BCUT2D eigenvalue weighted by Crippen LogP contribution is -2.25. The summed E-state index contributed by atoms with van der Waals surface area (Å²) in [5, 5.41) is 6.89. The third kappa shape index (κ3) is 3.37. The van der Waals surface area contributed by atoms with E-state index in [9.17, 15) is 13.2 Å². The SMILES string of the molecule is CCCNC(c1ccsc1)c1cnccc1C(F)(F)F. The van der Waals surface area contributed by atoms with Crippen molar-refractivity contribution in [2.24, 2.45) is 0 Å². The standard InChI is InChI=1S/C14H15F3N2S/c1-2-5-19-13(10-4-7-20-9-10)11-8-18-6-3-12(11)14(15,16)17/h3-4,6-9,13,19H,2,5H2,1H3. The fraction of sp³-hybridized carbons (Fsp3) is 0.357. The number of rotatable bonds is 5. The fourth-order valence-electron chi connectivity index (χ4n) is 2.03. The average Bonchev–Trinajstić information content (AvgIpc) is 2.92. The normalized spacial score (nSPS) is 13.4. The maximum absolute atomic E-state index is 13.1. The van der Waals surface area contributed by atoms with Crippen LogP contribution in [0, 0.1) is 0 Å². The van der Waals surface area contributed by atoms with Crippen molar-refractivity contribution in [1.29, 1.82) is 0 Å². The van der Waals surface area contributed by atoms with Crippen LogP contribution in [0.2, 0.25) is 0 Å². The Morgan fingerprint density at radius 1 is 1.35 bits per heavy atom. The summed E-state index contributed by atoms with van der Waals surface area (Å²) in [7, 11) is 0. The second-order valence-electron chi connectivity index (χ2n) is 4.40. The molecule has 2 rings (SSSR count). The quantitative estimate of drug-likeness (QED) is 0.893. The van der Waals surface area contributed by atoms with Gasteiger partial charge in [0, 0.05) is 18.0 Å². The molecule has 2 aromatic rings. The first kappa shape index (κ1) is 15.0. The van der Waals surface area contributed by atoms with Gasteiger partial charge in [-0.25, -0.2) is 0 Å². The zero-order valence-electron chi connectivity index (χ0n) is 10.9. The first-order chi connectivity index (χ1) is 9.54. The largest absolute Gasteiger partial charge is 0.416 e. The Bertz CT molecular complexity index is 538. The summed E-state index contributed by atoms with van der Waals surface area (Å²) in [4.78, 5) is 3.86. The highest BCUT2D eigenvalue weighted by Crippen LogP contribution is 2.36. The van der Waals surface area contributed by atoms with Crippen LogP contribution in [0.5, 0.6) is 0 Å². The molecule has 2 nitrogen and oxygen atoms in total. The maximum Gasteiger partial charge on any atom is 0.416 e. The molecular weight excluding hydrogens is 285 g/mol. The van der Waals surface area contributed by atoms with E-state index in [1.807, 2.05) is 23.8 Å². The van der Waals surface area contributed by atoms with E-state index in [1.165, 1.54) is 23.7 Å². The number of pyridine rings is 1. The summed E-state index contributed by atoms with van der Waals surface area (Å²) < 4.78 is 39.4. The zero-order chi connectivity index (χ0) is 14.6. The van der Waals surface area contributed by atoms with Crippen molar-refractivity contribution in [3.63, 3.8) is 0 Å². The second kappa shape index (κ2) is 6.37. The minimum atomic E-state index is -4.37. The predicted molar refractivity (Wildman–Crippen MR) is 73.7 cm³/mol. The van der Waals surface area contributed by atoms with E-state index in [-0.39, 0.29) is 5.56 Å². The lowest BCUT2D eigenvalue weighted by molar-refractivity contribution is -0.138. The highest BCUT2D eigenvalue weighted by atomic mass is 32.1. The molecule has 0 amide bonds. The molecule has 1 unspecified atom stereocenters. The van der Waals surface area contributed by atoms with Gasteiger partial charge < -0.3 is 5.32 Å². The number of aromatic nitrogens is 1. The van der Waals surface area contributed by atoms with Gasteiger partial charge in [-0.05, 0) is 41.4 Å². The van der Waals surface area contributed by atoms with Gasteiger partial charge in [0.2, 0.25) is 0 Å². The Hall–Kier alpha value is -1.40. The summed E-state index contributed by atoms with van der Waals surface area (Å²) in [5.74, 6) is 0. The lowest BCUT2D eigenvalue weighted by Gasteiger charge is -2.21. The molecule has 0 aliphatic carbocycles. The van der Waals surface area contributed by atoms with E-state index >= 15 is 0 Å². The topological polar surface area (TPSA) is 24.9 Å². The molecule has 0 saturated heterocycles. The van der Waals surface area contributed by atoms with Crippen LogP contribution in [-0.2, 0) is 6.18 Å². The Kier molecular flexibility index (Phi) is 4.77. The fourth-order valence-corrected chi connectivity index (χ4v) is 2.72. The van der Waals surface area contributed by atoms with Crippen molar-refractivity contribution >= 4 is 11.3 Å². The molecule has 0 aliphatic heterocycles. The summed E-state index contributed by atoms with van der Waals surface area (Å²) in [6.07, 6.45) is -1.05. The number of nitrogens with one attached hydrogen (secondary N) is 1. The number of hydrogen-bond donors (Lipinski definition) is 1. The zero-order valence-corrected chi connectivity index (χ0v) is 11.8. The van der Waals surface area contributed by atoms with Gasteiger partial charge in [-0.15, -0.1) is 0 Å². The summed E-state index contributed by atoms with van der Waals surface area (Å²) in [6.45, 7) is 2.62. The Labute approximate surface area is 119 Å². The van der Waals surface area contributed by atoms with Crippen molar-refractivity contribution in [2.75, 3.05) is 6.54 Å². The molecule has 0 aromatic carbocycles. The van der Waals surface area contributed by atoms with Crippen LogP contribution in [0.15, 0.2) is 35.3 Å². The van der Waals surface area contributed by atoms with Crippen LogP contribution in [0.3, 0.4) is 0 Å². The van der Waals surface area contributed by atoms with E-state index in [0.717, 1.165) is 18.1 Å². The average molecular weight is 300 g/mol. The third-order valence-corrected chi connectivity index (χ3v) is 3.64. The molecule has 20 heavy (non-hydrogen) atoms. The first-order valence-corrected chi connectivity index (χ1v) is 7.25. The number of halogens is 3. The van der Waals surface area contributed by atoms with Crippen molar-refractivity contribution in [3.8, 4) is 0 Å². The molecule has 1 N–H and O–H groups in total. The summed E-state index contributed by atoms with van der Waals surface area (Å²) in [6, 6.07) is 2.39. The molecule has 2 aromatic heterocycles. The molecular formula is C14H15F3N2S. The maximum atomic E-state index is 13.1. The highest BCUT2D eigenvalue weighted by molar-refractivity contribution is 7.08. The molecule has 6 heteroatoms. The molecule has 1 atom stereocenters. The minimum Gasteiger partial charge on any atom is -0.306 e. The Morgan fingerprint density at radius 3 is 2.75 bits per heavy atom. The summed E-state index contributed by atoms with van der Waals surface area (Å²) in [5.41, 5.74) is 0.376. The van der Waals surface area contributed by atoms with Crippen molar-refractivity contribution in [1.82, 2.24) is 10.3 Å². The van der Waals surface area contributed by atoms with Gasteiger partial charge in [0.25, 0.3) is 0 Å². The molecule has 2 heterocycles. The van der Waals surface area contributed by atoms with Crippen LogP contribution >= 0.6 is 11.3 Å². The van der Waals surface area contributed by atoms with Gasteiger partial charge in [0.1, 0.15) is 0 Å². The number of hydrogen-bond acceptors (Lipinski definition) is 3. The predicted octanol–water partition coefficient (Wildman–Crippen LogP) is 4.25. The molecule has 0 fully saturated rings. The van der Waals surface area contributed by atoms with Crippen LogP contribution in [0.25, 0.3) is 0 Å². The van der Waals surface area contributed by atoms with E-state index in [1.54, 1.807) is 0 Å². The molecule has 108 valence electrons. The van der Waals surface area contributed by atoms with Gasteiger partial charge in [-0.2, -0.15) is 24.5 Å². The van der Waals surface area contributed by atoms with Crippen molar-refractivity contribution in [3.05, 3.63) is 52.0 Å². The van der Waals surface area contributed by atoms with E-state index in [0.29, 0.717) is 6.54 Å². The van der Waals surface area contributed by atoms with Crippen LogP contribution in [0.1, 0.15) is 36.1 Å². The molecule has 0 spiro atoms. The van der Waals surface area contributed by atoms with Gasteiger partial charge >= 0.3 is 6.18 Å². The number of thiophene rings is 1. The lowest BCUT2D eigenvalue weighted by atomic mass is 9.97. The summed E-state index contributed by atoms with van der Waals surface area (Å²) >= 11 is 1.47. The van der Waals surface area contributed by atoms with Gasteiger partial charge in [-0.1, -0.05) is 6.92 Å². The van der Waals surface area contributed by atoms with Crippen LogP contribution in [0.4, 0.5) is 13.2 Å². The van der Waals surface area contributed by atoms with E-state index in [4.69, 9.17) is 0 Å². The molecule has 0 bridgehead atoms. The number of nitrogens with zero attached hydrogens (tertiary/aromatic N) is 1. The van der Waals surface area contributed by atoms with Crippen molar-refractivity contribution in [2.45, 2.75) is 25.6 Å². The monoisotopic (exact) mass is 300 g/mol. The minimum absolute atomic E-state index is 0.173. The first-order valence-electron chi connectivity index (χ1n) is 6.30. The molecule has 0 aliphatic rings. The van der Waals surface area contributed by atoms with Crippen LogP contribution < -0.4 is 5.32 Å². The van der Waals surface area contributed by atoms with Crippen LogP contribution in [-0.4, -0.2) is 11.5 Å². The van der Waals surface area contributed by atoms with Crippen molar-refractivity contribution < 1.29 is 13.2 Å². The van der Waals surface area contributed by atoms with Gasteiger partial charge in [0.05, 0.1) is 11.6 Å². The second-order valence-corrected chi connectivity index (χ2v) is 5.18. The Balaban J connectivity index is 2.44.